The molecule has 0 fully saturated rings. The number of thiophene rings is 1. The van der Waals surface area contributed by atoms with Crippen LogP contribution >= 0.6 is 23.6 Å². The number of ether oxygens (including phenoxy) is 1. The lowest BCUT2D eigenvalue weighted by molar-refractivity contribution is -0.384. The minimum Gasteiger partial charge on any atom is -0.465 e. The molecule has 1 aromatic heterocycles. The number of carbonyl (C=O) groups is 1. The van der Waals surface area contributed by atoms with E-state index in [1.807, 2.05) is 6.92 Å². The molecule has 0 spiro atoms. The number of thiocarbonyl (C=S) groups is 1. The van der Waals surface area contributed by atoms with Crippen LogP contribution < -0.4 is 10.6 Å². The van der Waals surface area contributed by atoms with Crippen molar-refractivity contribution >= 4 is 51.0 Å². The number of aryl methyl sites for hydroxylation is 2. The molecule has 26 heavy (non-hydrogen) atoms. The van der Waals surface area contributed by atoms with Gasteiger partial charge in [0.05, 0.1) is 17.6 Å². The molecular weight excluding hydrogens is 374 g/mol. The third kappa shape index (κ3) is 3.54. The van der Waals surface area contributed by atoms with Gasteiger partial charge in [-0.05, 0) is 49.5 Å². The number of nitro groups is 1. The molecule has 0 saturated heterocycles. The molecule has 1 heterocycles. The monoisotopic (exact) mass is 391 g/mol. The number of hydrogen-bond donors (Lipinski definition) is 2. The topological polar surface area (TPSA) is 93.5 Å². The zero-order valence-electron chi connectivity index (χ0n) is 14.3. The van der Waals surface area contributed by atoms with E-state index < -0.39 is 4.92 Å². The second kappa shape index (κ2) is 7.38. The summed E-state index contributed by atoms with van der Waals surface area (Å²) in [6, 6.07) is 4.53. The number of fused-ring (bicyclic) bond motifs is 1. The minimum atomic E-state index is -0.458. The molecule has 9 heteroatoms. The van der Waals surface area contributed by atoms with Crippen LogP contribution in [-0.2, 0) is 17.6 Å². The summed E-state index contributed by atoms with van der Waals surface area (Å²) < 4.78 is 4.91. The molecule has 0 aliphatic heterocycles. The van der Waals surface area contributed by atoms with Crippen LogP contribution in [-0.4, -0.2) is 23.1 Å². The van der Waals surface area contributed by atoms with Crippen LogP contribution in [0, 0.1) is 17.0 Å². The molecule has 1 aromatic carbocycles. The van der Waals surface area contributed by atoms with Crippen LogP contribution in [0.25, 0.3) is 0 Å². The van der Waals surface area contributed by atoms with E-state index >= 15 is 0 Å². The van der Waals surface area contributed by atoms with Gasteiger partial charge in [0.15, 0.2) is 5.11 Å². The Morgan fingerprint density at radius 3 is 2.81 bits per heavy atom. The van der Waals surface area contributed by atoms with Crippen molar-refractivity contribution in [2.45, 2.75) is 26.2 Å². The zero-order valence-corrected chi connectivity index (χ0v) is 15.9. The zero-order chi connectivity index (χ0) is 18.8. The van der Waals surface area contributed by atoms with Crippen LogP contribution in [0.5, 0.6) is 0 Å². The Bertz CT molecular complexity index is 908. The summed E-state index contributed by atoms with van der Waals surface area (Å²) in [5.74, 6) is -0.388. The molecule has 0 bridgehead atoms. The first-order chi connectivity index (χ1) is 12.4. The van der Waals surface area contributed by atoms with Gasteiger partial charge in [-0.3, -0.25) is 10.1 Å². The van der Waals surface area contributed by atoms with E-state index in [2.05, 4.69) is 10.6 Å². The Morgan fingerprint density at radius 2 is 2.12 bits per heavy atom. The van der Waals surface area contributed by atoms with Crippen LogP contribution in [0.1, 0.15) is 32.8 Å². The maximum absolute atomic E-state index is 12.2. The lowest BCUT2D eigenvalue weighted by atomic mass is 10.1. The first kappa shape index (κ1) is 18.3. The smallest absolute Gasteiger partial charge is 0.341 e. The number of non-ortho nitro benzene ring substituents is 1. The number of benzene rings is 1. The summed E-state index contributed by atoms with van der Waals surface area (Å²) in [5, 5.41) is 17.9. The first-order valence-electron chi connectivity index (χ1n) is 7.96. The van der Waals surface area contributed by atoms with E-state index in [9.17, 15) is 14.9 Å². The van der Waals surface area contributed by atoms with E-state index in [4.69, 9.17) is 17.0 Å². The summed E-state index contributed by atoms with van der Waals surface area (Å²) >= 11 is 6.83. The van der Waals surface area contributed by atoms with E-state index in [-0.39, 0.29) is 16.8 Å². The molecule has 0 atom stereocenters. The summed E-state index contributed by atoms with van der Waals surface area (Å²) in [4.78, 5) is 23.8. The van der Waals surface area contributed by atoms with Crippen molar-refractivity contribution in [3.8, 4) is 0 Å². The fourth-order valence-electron chi connectivity index (χ4n) is 2.93. The van der Waals surface area contributed by atoms with Gasteiger partial charge >= 0.3 is 5.97 Å². The lowest BCUT2D eigenvalue weighted by Crippen LogP contribution is -2.20. The third-order valence-electron chi connectivity index (χ3n) is 4.22. The fourth-order valence-corrected chi connectivity index (χ4v) is 4.48. The molecule has 2 aromatic rings. The molecule has 7 nitrogen and oxygen atoms in total. The number of nitro benzene ring substituents is 1. The Kier molecular flexibility index (Phi) is 5.19. The number of methoxy groups -OCH3 is 1. The van der Waals surface area contributed by atoms with Gasteiger partial charge in [0, 0.05) is 22.7 Å². The number of nitrogens with zero attached hydrogens (tertiary/aromatic N) is 1. The summed E-state index contributed by atoms with van der Waals surface area (Å²) in [6.07, 6.45) is 2.82. The second-order valence-corrected chi connectivity index (χ2v) is 7.40. The van der Waals surface area contributed by atoms with Crippen molar-refractivity contribution in [3.05, 3.63) is 49.9 Å². The van der Waals surface area contributed by atoms with Crippen molar-refractivity contribution in [2.24, 2.45) is 0 Å². The predicted molar refractivity (Wildman–Crippen MR) is 105 cm³/mol. The summed E-state index contributed by atoms with van der Waals surface area (Å²) in [7, 11) is 1.36. The largest absolute Gasteiger partial charge is 0.465 e. The van der Waals surface area contributed by atoms with Crippen LogP contribution in [0.3, 0.4) is 0 Å². The highest BCUT2D eigenvalue weighted by atomic mass is 32.1. The lowest BCUT2D eigenvalue weighted by Gasteiger charge is -2.12. The maximum atomic E-state index is 12.2. The third-order valence-corrected chi connectivity index (χ3v) is 5.63. The Hall–Kier alpha value is -2.52. The van der Waals surface area contributed by atoms with E-state index in [0.717, 1.165) is 30.4 Å². The average molecular weight is 391 g/mol. The van der Waals surface area contributed by atoms with Crippen LogP contribution in [0.2, 0.25) is 0 Å². The van der Waals surface area contributed by atoms with Gasteiger partial charge < -0.3 is 15.4 Å². The summed E-state index contributed by atoms with van der Waals surface area (Å²) in [6.45, 7) is 1.83. The number of anilines is 2. The molecule has 3 rings (SSSR count). The number of nitrogens with one attached hydrogen (secondary N) is 2. The van der Waals surface area contributed by atoms with Crippen molar-refractivity contribution in [1.82, 2.24) is 0 Å². The number of rotatable bonds is 4. The molecule has 2 N–H and O–H groups in total. The Morgan fingerprint density at radius 1 is 1.35 bits per heavy atom. The average Bonchev–Trinajstić information content (AvgIpc) is 3.16. The highest BCUT2D eigenvalue weighted by molar-refractivity contribution is 7.80. The van der Waals surface area contributed by atoms with E-state index in [1.54, 1.807) is 6.07 Å². The van der Waals surface area contributed by atoms with E-state index in [0.29, 0.717) is 16.3 Å². The van der Waals surface area contributed by atoms with Gasteiger partial charge in [-0.2, -0.15) is 0 Å². The van der Waals surface area contributed by atoms with Gasteiger partial charge in [0.1, 0.15) is 5.00 Å². The molecule has 1 aliphatic carbocycles. The Balaban J connectivity index is 1.82. The maximum Gasteiger partial charge on any atom is 0.341 e. The van der Waals surface area contributed by atoms with Gasteiger partial charge in [-0.15, -0.1) is 11.3 Å². The highest BCUT2D eigenvalue weighted by Gasteiger charge is 2.27. The molecule has 0 amide bonds. The molecular formula is C17H17N3O4S2. The van der Waals surface area contributed by atoms with Crippen molar-refractivity contribution in [3.63, 3.8) is 0 Å². The van der Waals surface area contributed by atoms with E-state index in [1.165, 1.54) is 35.5 Å². The minimum absolute atomic E-state index is 0.0220. The van der Waals surface area contributed by atoms with Crippen LogP contribution in [0.15, 0.2) is 18.2 Å². The highest BCUT2D eigenvalue weighted by Crippen LogP contribution is 2.39. The quantitative estimate of drug-likeness (QED) is 0.351. The SMILES string of the molecule is COC(=O)c1c(NC(=S)Nc2cc([N+](=O)[O-])ccc2C)sc2c1CCC2. The number of esters is 1. The second-order valence-electron chi connectivity index (χ2n) is 5.89. The van der Waals surface area contributed by atoms with Crippen molar-refractivity contribution < 1.29 is 14.5 Å². The number of hydrogen-bond acceptors (Lipinski definition) is 6. The molecule has 136 valence electrons. The molecule has 0 radical (unpaired) electrons. The number of carbonyl (C=O) groups excluding carboxylic acids is 1. The van der Waals surface area contributed by atoms with Gasteiger partial charge in [0.25, 0.3) is 5.69 Å². The van der Waals surface area contributed by atoms with Crippen LogP contribution in [0.4, 0.5) is 16.4 Å². The first-order valence-corrected chi connectivity index (χ1v) is 9.19. The summed E-state index contributed by atoms with van der Waals surface area (Å²) in [5.41, 5.74) is 2.90. The Labute approximate surface area is 159 Å². The molecule has 1 aliphatic rings. The normalized spacial score (nSPS) is 12.4. The van der Waals surface area contributed by atoms with Gasteiger partial charge in [-0.25, -0.2) is 4.79 Å². The molecule has 0 saturated carbocycles. The van der Waals surface area contributed by atoms with Crippen molar-refractivity contribution in [1.29, 1.82) is 0 Å². The van der Waals surface area contributed by atoms with Gasteiger partial charge in [-0.1, -0.05) is 6.07 Å². The predicted octanol–water partition coefficient (Wildman–Crippen LogP) is 4.05. The molecule has 0 unspecified atom stereocenters. The fraction of sp³-hybridized carbons (Fsp3) is 0.294. The standard InChI is InChI=1S/C17H17N3O4S2/c1-9-6-7-10(20(22)23)8-12(9)18-17(25)19-15-14(16(21)24-2)11-4-3-5-13(11)26-15/h6-8H,3-5H2,1-2H3,(H2,18,19,25). The van der Waals surface area contributed by atoms with Crippen molar-refractivity contribution in [2.75, 3.05) is 17.7 Å². The van der Waals surface area contributed by atoms with Gasteiger partial charge in [0.2, 0.25) is 0 Å².